The zero-order chi connectivity index (χ0) is 15.6. The van der Waals surface area contributed by atoms with Gasteiger partial charge in [-0.2, -0.15) is 0 Å². The van der Waals surface area contributed by atoms with E-state index in [9.17, 15) is 4.79 Å². The molecule has 0 radical (unpaired) electrons. The van der Waals surface area contributed by atoms with Crippen LogP contribution in [-0.4, -0.2) is 9.55 Å². The molecule has 0 saturated heterocycles. The van der Waals surface area contributed by atoms with Crippen molar-refractivity contribution in [2.45, 2.75) is 39.3 Å². The zero-order valence-corrected chi connectivity index (χ0v) is 14.3. The molecule has 0 aliphatic heterocycles. The summed E-state index contributed by atoms with van der Waals surface area (Å²) in [4.78, 5) is 16.7. The number of hydrogen-bond acceptors (Lipinski definition) is 3. The third-order valence-corrected chi connectivity index (χ3v) is 3.76. The Hall–Kier alpha value is -1.62. The average molecular weight is 350 g/mol. The van der Waals surface area contributed by atoms with Crippen LogP contribution in [0, 0.1) is 0 Å². The van der Waals surface area contributed by atoms with Gasteiger partial charge in [0.05, 0.1) is 6.04 Å². The van der Waals surface area contributed by atoms with Gasteiger partial charge in [-0.3, -0.25) is 4.79 Å². The van der Waals surface area contributed by atoms with Crippen molar-refractivity contribution in [1.82, 2.24) is 9.55 Å². The lowest BCUT2D eigenvalue weighted by Gasteiger charge is -2.23. The highest BCUT2D eigenvalue weighted by Crippen LogP contribution is 2.20. The minimum absolute atomic E-state index is 0.00137. The van der Waals surface area contributed by atoms with Gasteiger partial charge in [-0.1, -0.05) is 28.1 Å². The molecule has 0 spiro atoms. The molecule has 1 unspecified atom stereocenters. The van der Waals surface area contributed by atoms with Crippen LogP contribution in [0.15, 0.2) is 45.9 Å². The molecule has 0 saturated carbocycles. The smallest absolute Gasteiger partial charge is 0.293 e. The van der Waals surface area contributed by atoms with Crippen molar-refractivity contribution in [3.8, 4) is 0 Å². The minimum atomic E-state index is -0.268. The van der Waals surface area contributed by atoms with E-state index in [0.29, 0.717) is 5.82 Å². The number of benzene rings is 1. The van der Waals surface area contributed by atoms with Crippen molar-refractivity contribution >= 4 is 21.7 Å². The third kappa shape index (κ3) is 3.73. The summed E-state index contributed by atoms with van der Waals surface area (Å²) < 4.78 is 2.71. The Morgan fingerprint density at radius 2 is 2.05 bits per heavy atom. The van der Waals surface area contributed by atoms with Crippen molar-refractivity contribution in [2.24, 2.45) is 0 Å². The molecule has 0 aliphatic rings. The number of halogens is 1. The van der Waals surface area contributed by atoms with E-state index in [2.05, 4.69) is 26.2 Å². The number of rotatable bonds is 3. The molecule has 1 aromatic carbocycles. The molecule has 21 heavy (non-hydrogen) atoms. The Balaban J connectivity index is 2.30. The summed E-state index contributed by atoms with van der Waals surface area (Å²) in [5.41, 5.74) is 0.721. The van der Waals surface area contributed by atoms with Crippen LogP contribution in [0.2, 0.25) is 0 Å². The van der Waals surface area contributed by atoms with Crippen LogP contribution in [-0.2, 0) is 5.54 Å². The zero-order valence-electron chi connectivity index (χ0n) is 12.7. The Labute approximate surface area is 133 Å². The monoisotopic (exact) mass is 349 g/mol. The van der Waals surface area contributed by atoms with Gasteiger partial charge in [-0.15, -0.1) is 0 Å². The van der Waals surface area contributed by atoms with Crippen molar-refractivity contribution in [3.05, 3.63) is 57.0 Å². The van der Waals surface area contributed by atoms with Gasteiger partial charge in [-0.25, -0.2) is 4.98 Å². The quantitative estimate of drug-likeness (QED) is 0.912. The maximum atomic E-state index is 12.5. The van der Waals surface area contributed by atoms with E-state index >= 15 is 0 Å². The number of aromatic nitrogens is 2. The highest BCUT2D eigenvalue weighted by Gasteiger charge is 2.17. The molecule has 112 valence electrons. The number of nitrogens with zero attached hydrogens (tertiary/aromatic N) is 2. The first-order chi connectivity index (χ1) is 9.79. The Morgan fingerprint density at radius 1 is 1.33 bits per heavy atom. The van der Waals surface area contributed by atoms with Crippen molar-refractivity contribution in [2.75, 3.05) is 5.32 Å². The second-order valence-electron chi connectivity index (χ2n) is 6.04. The van der Waals surface area contributed by atoms with E-state index in [1.54, 1.807) is 17.0 Å². The molecule has 0 amide bonds. The maximum absolute atomic E-state index is 12.5. The molecule has 0 bridgehead atoms. The highest BCUT2D eigenvalue weighted by atomic mass is 79.9. The molecular weight excluding hydrogens is 330 g/mol. The SMILES string of the molecule is CC(Nc1nccn(C(C)(C)C)c1=O)c1cccc(Br)c1. The minimum Gasteiger partial charge on any atom is -0.359 e. The molecule has 2 rings (SSSR count). The summed E-state index contributed by atoms with van der Waals surface area (Å²) in [6.45, 7) is 8.00. The van der Waals surface area contributed by atoms with E-state index in [0.717, 1.165) is 10.0 Å². The van der Waals surface area contributed by atoms with E-state index in [1.807, 2.05) is 52.0 Å². The van der Waals surface area contributed by atoms with Gasteiger partial charge in [0.1, 0.15) is 0 Å². The Kier molecular flexibility index (Phi) is 4.52. The van der Waals surface area contributed by atoms with E-state index in [1.165, 1.54) is 0 Å². The van der Waals surface area contributed by atoms with Crippen LogP contribution in [0.3, 0.4) is 0 Å². The first-order valence-corrected chi connectivity index (χ1v) is 7.68. The van der Waals surface area contributed by atoms with Gasteiger partial charge in [0.15, 0.2) is 5.82 Å². The van der Waals surface area contributed by atoms with Crippen LogP contribution >= 0.6 is 15.9 Å². The lowest BCUT2D eigenvalue weighted by Crippen LogP contribution is -2.35. The van der Waals surface area contributed by atoms with Crippen molar-refractivity contribution in [1.29, 1.82) is 0 Å². The third-order valence-electron chi connectivity index (χ3n) is 3.27. The van der Waals surface area contributed by atoms with Crippen LogP contribution in [0.5, 0.6) is 0 Å². The lowest BCUT2D eigenvalue weighted by molar-refractivity contribution is 0.383. The van der Waals surface area contributed by atoms with Gasteiger partial charge < -0.3 is 9.88 Å². The van der Waals surface area contributed by atoms with Gasteiger partial charge in [-0.05, 0) is 45.4 Å². The molecular formula is C16H20BrN3O. The van der Waals surface area contributed by atoms with Crippen LogP contribution < -0.4 is 10.9 Å². The summed E-state index contributed by atoms with van der Waals surface area (Å²) in [6.07, 6.45) is 3.37. The van der Waals surface area contributed by atoms with E-state index in [-0.39, 0.29) is 17.1 Å². The first-order valence-electron chi connectivity index (χ1n) is 6.89. The maximum Gasteiger partial charge on any atom is 0.293 e. The highest BCUT2D eigenvalue weighted by molar-refractivity contribution is 9.10. The van der Waals surface area contributed by atoms with E-state index in [4.69, 9.17) is 0 Å². The molecule has 0 fully saturated rings. The van der Waals surface area contributed by atoms with Crippen molar-refractivity contribution < 1.29 is 0 Å². The molecule has 4 nitrogen and oxygen atoms in total. The average Bonchev–Trinajstić information content (AvgIpc) is 2.39. The molecule has 1 heterocycles. The molecule has 1 N–H and O–H groups in total. The largest absolute Gasteiger partial charge is 0.359 e. The van der Waals surface area contributed by atoms with Crippen molar-refractivity contribution in [3.63, 3.8) is 0 Å². The second kappa shape index (κ2) is 6.02. The molecule has 1 aromatic heterocycles. The van der Waals surface area contributed by atoms with Crippen LogP contribution in [0.25, 0.3) is 0 Å². The fourth-order valence-corrected chi connectivity index (χ4v) is 2.52. The van der Waals surface area contributed by atoms with E-state index < -0.39 is 0 Å². The normalized spacial score (nSPS) is 13.0. The Morgan fingerprint density at radius 3 is 2.67 bits per heavy atom. The lowest BCUT2D eigenvalue weighted by atomic mass is 10.1. The summed E-state index contributed by atoms with van der Waals surface area (Å²) in [7, 11) is 0. The number of hydrogen-bond donors (Lipinski definition) is 1. The summed E-state index contributed by atoms with van der Waals surface area (Å²) >= 11 is 3.46. The molecule has 5 heteroatoms. The predicted molar refractivity (Wildman–Crippen MR) is 89.7 cm³/mol. The number of anilines is 1. The van der Waals surface area contributed by atoms with Crippen LogP contribution in [0.4, 0.5) is 5.82 Å². The molecule has 0 aliphatic carbocycles. The summed E-state index contributed by atoms with van der Waals surface area (Å²) in [5.74, 6) is 0.375. The number of nitrogens with one attached hydrogen (secondary N) is 1. The topological polar surface area (TPSA) is 46.9 Å². The Bertz CT molecular complexity index is 688. The van der Waals surface area contributed by atoms with Gasteiger partial charge in [0.25, 0.3) is 5.56 Å². The van der Waals surface area contributed by atoms with Gasteiger partial charge in [0.2, 0.25) is 0 Å². The fourth-order valence-electron chi connectivity index (χ4n) is 2.10. The molecule has 1 atom stereocenters. The first kappa shape index (κ1) is 15.8. The predicted octanol–water partition coefficient (Wildman–Crippen LogP) is 3.93. The van der Waals surface area contributed by atoms with Crippen LogP contribution in [0.1, 0.15) is 39.3 Å². The standard InChI is InChI=1S/C16H20BrN3O/c1-11(12-6-5-7-13(17)10-12)19-14-15(21)20(9-8-18-14)16(2,3)4/h5-11H,1-4H3,(H,18,19). The van der Waals surface area contributed by atoms with Gasteiger partial charge in [0, 0.05) is 22.4 Å². The fraction of sp³-hybridized carbons (Fsp3) is 0.375. The van der Waals surface area contributed by atoms with Gasteiger partial charge >= 0.3 is 0 Å². The summed E-state index contributed by atoms with van der Waals surface area (Å²) in [5, 5.41) is 3.20. The molecule has 2 aromatic rings. The summed E-state index contributed by atoms with van der Waals surface area (Å²) in [6, 6.07) is 8.00. The second-order valence-corrected chi connectivity index (χ2v) is 6.96.